The van der Waals surface area contributed by atoms with E-state index in [2.05, 4.69) is 14.7 Å². The molecule has 0 amide bonds. The van der Waals surface area contributed by atoms with Gasteiger partial charge in [-0.3, -0.25) is 9.79 Å². The molecule has 1 aromatic carbocycles. The van der Waals surface area contributed by atoms with Crippen molar-refractivity contribution in [3.63, 3.8) is 0 Å². The van der Waals surface area contributed by atoms with E-state index in [0.29, 0.717) is 24.7 Å². The fourth-order valence-electron chi connectivity index (χ4n) is 4.18. The third kappa shape index (κ3) is 4.87. The van der Waals surface area contributed by atoms with E-state index in [4.69, 9.17) is 16.3 Å². The summed E-state index contributed by atoms with van der Waals surface area (Å²) in [6, 6.07) is 8.95. The number of halogens is 1. The van der Waals surface area contributed by atoms with Crippen LogP contribution in [0.25, 0.3) is 11.1 Å². The zero-order chi connectivity index (χ0) is 23.9. The number of allylic oxidation sites excluding steroid dienone is 1. The minimum absolute atomic E-state index is 0.0644. The number of aromatic nitrogens is 1. The predicted octanol–water partition coefficient (Wildman–Crippen LogP) is 3.05. The molecule has 34 heavy (non-hydrogen) atoms. The van der Waals surface area contributed by atoms with Crippen molar-refractivity contribution in [3.05, 3.63) is 52.8 Å². The van der Waals surface area contributed by atoms with E-state index in [1.54, 1.807) is 24.5 Å². The number of likely N-dealkylation sites (tertiary alicyclic amines) is 1. The number of nitrogens with zero attached hydrogens (tertiary/aromatic N) is 3. The van der Waals surface area contributed by atoms with Crippen LogP contribution in [0.4, 0.5) is 0 Å². The number of hydrogen-bond donors (Lipinski definition) is 1. The van der Waals surface area contributed by atoms with Crippen molar-refractivity contribution < 1.29 is 17.9 Å². The molecule has 2 aromatic rings. The lowest BCUT2D eigenvalue weighted by Gasteiger charge is -2.22. The maximum Gasteiger partial charge on any atom is 0.240 e. The van der Waals surface area contributed by atoms with Crippen molar-refractivity contribution in [2.45, 2.75) is 43.2 Å². The monoisotopic (exact) mass is 500 g/mol. The Morgan fingerprint density at radius 2 is 2.00 bits per heavy atom. The van der Waals surface area contributed by atoms with Gasteiger partial charge in [0.25, 0.3) is 0 Å². The quantitative estimate of drug-likeness (QED) is 0.627. The van der Waals surface area contributed by atoms with Crippen molar-refractivity contribution in [2.75, 3.05) is 19.6 Å². The highest BCUT2D eigenvalue weighted by molar-refractivity contribution is 7.89. The zero-order valence-electron chi connectivity index (χ0n) is 18.7. The van der Waals surface area contributed by atoms with Gasteiger partial charge >= 0.3 is 0 Å². The number of benzene rings is 1. The van der Waals surface area contributed by atoms with Gasteiger partial charge < -0.3 is 9.64 Å². The summed E-state index contributed by atoms with van der Waals surface area (Å²) >= 11 is 6.19. The normalized spacial score (nSPS) is 20.8. The summed E-state index contributed by atoms with van der Waals surface area (Å²) in [5.74, 6) is 0.319. The Morgan fingerprint density at radius 3 is 2.76 bits per heavy atom. The zero-order valence-corrected chi connectivity index (χ0v) is 20.3. The van der Waals surface area contributed by atoms with Gasteiger partial charge in [0.1, 0.15) is 17.7 Å². The first-order chi connectivity index (χ1) is 16.3. The fraction of sp³-hybridized carbons (Fsp3) is 0.375. The van der Waals surface area contributed by atoms with Crippen LogP contribution in [0.3, 0.4) is 0 Å². The number of rotatable bonds is 7. The van der Waals surface area contributed by atoms with Crippen molar-refractivity contribution in [3.8, 4) is 17.0 Å². The van der Waals surface area contributed by atoms with Gasteiger partial charge in [0.05, 0.1) is 17.1 Å². The average molecular weight is 501 g/mol. The highest BCUT2D eigenvalue weighted by Crippen LogP contribution is 2.30. The van der Waals surface area contributed by atoms with E-state index in [0.717, 1.165) is 36.0 Å². The second kappa shape index (κ2) is 9.13. The molecule has 1 saturated carbocycles. The van der Waals surface area contributed by atoms with Crippen LogP contribution in [0, 0.1) is 6.92 Å². The molecule has 0 unspecified atom stereocenters. The summed E-state index contributed by atoms with van der Waals surface area (Å²) < 4.78 is 33.9. The SMILES string of the molecule is Cc1cc(S(=O)(=O)NC2CC2)ccc1-c1ccnc(O[C@@H]2CCN(C3=C(Cl)C(=O)CN=C3)C2)c1. The molecule has 1 N–H and O–H groups in total. The topological polar surface area (TPSA) is 101 Å². The smallest absolute Gasteiger partial charge is 0.240 e. The molecule has 1 saturated heterocycles. The van der Waals surface area contributed by atoms with Crippen molar-refractivity contribution >= 4 is 33.6 Å². The highest BCUT2D eigenvalue weighted by atomic mass is 35.5. The number of carbonyl (C=O) groups excluding carboxylic acids is 1. The molecule has 0 spiro atoms. The molecule has 8 nitrogen and oxygen atoms in total. The van der Waals surface area contributed by atoms with E-state index < -0.39 is 10.0 Å². The van der Waals surface area contributed by atoms with Crippen LogP contribution in [0.1, 0.15) is 24.8 Å². The van der Waals surface area contributed by atoms with Gasteiger partial charge in [0.15, 0.2) is 5.78 Å². The van der Waals surface area contributed by atoms with Crippen LogP contribution in [0.15, 0.2) is 57.1 Å². The van der Waals surface area contributed by atoms with Gasteiger partial charge in [-0.15, -0.1) is 0 Å². The Morgan fingerprint density at radius 1 is 1.18 bits per heavy atom. The molecule has 2 fully saturated rings. The Hall–Kier alpha value is -2.75. The van der Waals surface area contributed by atoms with Gasteiger partial charge in [-0.05, 0) is 54.7 Å². The largest absolute Gasteiger partial charge is 0.472 e. The van der Waals surface area contributed by atoms with Gasteiger partial charge in [-0.25, -0.2) is 18.1 Å². The summed E-state index contributed by atoms with van der Waals surface area (Å²) in [7, 11) is -3.50. The molecule has 2 aliphatic heterocycles. The Bertz CT molecular complexity index is 1300. The number of dihydropyridines is 1. The van der Waals surface area contributed by atoms with E-state index >= 15 is 0 Å². The summed E-state index contributed by atoms with van der Waals surface area (Å²) in [6.07, 6.45) is 5.78. The van der Waals surface area contributed by atoms with Crippen LogP contribution in [-0.2, 0) is 14.8 Å². The number of ether oxygens (including phenoxy) is 1. The van der Waals surface area contributed by atoms with Crippen LogP contribution in [-0.4, -0.2) is 62.1 Å². The third-order valence-electron chi connectivity index (χ3n) is 6.14. The molecule has 1 aliphatic carbocycles. The molecule has 178 valence electrons. The number of ketones is 1. The first kappa shape index (κ1) is 23.0. The number of aliphatic imine (C=N–C) groups is 1. The summed E-state index contributed by atoms with van der Waals surface area (Å²) in [6.45, 7) is 3.28. The maximum atomic E-state index is 12.5. The lowest BCUT2D eigenvalue weighted by Crippen LogP contribution is -2.28. The van der Waals surface area contributed by atoms with Crippen molar-refractivity contribution in [1.82, 2.24) is 14.6 Å². The molecular weight excluding hydrogens is 476 g/mol. The summed E-state index contributed by atoms with van der Waals surface area (Å²) in [4.78, 5) is 22.6. The van der Waals surface area contributed by atoms with Crippen LogP contribution < -0.4 is 9.46 Å². The minimum Gasteiger partial charge on any atom is -0.472 e. The van der Waals surface area contributed by atoms with Gasteiger partial charge in [-0.1, -0.05) is 17.7 Å². The highest BCUT2D eigenvalue weighted by Gasteiger charge is 2.30. The Kier molecular flexibility index (Phi) is 6.18. The predicted molar refractivity (Wildman–Crippen MR) is 130 cm³/mol. The van der Waals surface area contributed by atoms with Gasteiger partial charge in [0.2, 0.25) is 15.9 Å². The van der Waals surface area contributed by atoms with Gasteiger partial charge in [0, 0.05) is 37.5 Å². The van der Waals surface area contributed by atoms with E-state index in [-0.39, 0.29) is 34.4 Å². The van der Waals surface area contributed by atoms with Gasteiger partial charge in [-0.2, -0.15) is 0 Å². The summed E-state index contributed by atoms with van der Waals surface area (Å²) in [5, 5.41) is 0.226. The molecule has 10 heteroatoms. The number of carbonyl (C=O) groups is 1. The first-order valence-corrected chi connectivity index (χ1v) is 13.1. The van der Waals surface area contributed by atoms with E-state index in [1.165, 1.54) is 0 Å². The number of hydrogen-bond acceptors (Lipinski definition) is 7. The Labute approximate surface area is 203 Å². The lowest BCUT2D eigenvalue weighted by atomic mass is 10.0. The number of Topliss-reactive ketones (excluding diaryl/α,β-unsaturated/α-hetero) is 1. The molecular formula is C24H25ClN4O4S. The maximum absolute atomic E-state index is 12.5. The van der Waals surface area contributed by atoms with Crippen molar-refractivity contribution in [2.24, 2.45) is 4.99 Å². The first-order valence-electron chi connectivity index (χ1n) is 11.2. The Balaban J connectivity index is 1.29. The second-order valence-electron chi connectivity index (χ2n) is 8.82. The lowest BCUT2D eigenvalue weighted by molar-refractivity contribution is -0.113. The van der Waals surface area contributed by atoms with Crippen molar-refractivity contribution in [1.29, 1.82) is 0 Å². The molecule has 1 atom stereocenters. The van der Waals surface area contributed by atoms with E-state index in [9.17, 15) is 13.2 Å². The number of pyridine rings is 1. The third-order valence-corrected chi connectivity index (χ3v) is 8.07. The second-order valence-corrected chi connectivity index (χ2v) is 10.9. The molecule has 0 bridgehead atoms. The fourth-order valence-corrected chi connectivity index (χ4v) is 5.79. The molecule has 5 rings (SSSR count). The number of sulfonamides is 1. The molecule has 3 heterocycles. The molecule has 3 aliphatic rings. The van der Waals surface area contributed by atoms with E-state index in [1.807, 2.05) is 30.0 Å². The standard InChI is InChI=1S/C24H25ClN4O4S/c1-15-10-19(34(31,32)28-17-2-3-17)4-5-20(15)16-6-8-27-23(11-16)33-18-7-9-29(14-18)21-12-26-13-22(30)24(21)25/h4-6,8,10-12,17-18,28H,2-3,7,9,13-14H2,1H3/t18-/m1/s1. The van der Waals surface area contributed by atoms with Crippen LogP contribution in [0.5, 0.6) is 5.88 Å². The number of nitrogens with one attached hydrogen (secondary N) is 1. The minimum atomic E-state index is -3.50. The molecule has 0 radical (unpaired) electrons. The summed E-state index contributed by atoms with van der Waals surface area (Å²) in [5.41, 5.74) is 3.31. The van der Waals surface area contributed by atoms with Crippen LogP contribution >= 0.6 is 11.6 Å². The van der Waals surface area contributed by atoms with Crippen LogP contribution in [0.2, 0.25) is 0 Å². The number of aryl methyl sites for hydroxylation is 1. The average Bonchev–Trinajstić information content (AvgIpc) is 3.49. The molecule has 1 aromatic heterocycles.